The van der Waals surface area contributed by atoms with E-state index in [-0.39, 0.29) is 11.9 Å². The number of para-hydroxylation sites is 1. The summed E-state index contributed by atoms with van der Waals surface area (Å²) in [6.07, 6.45) is 5.44. The van der Waals surface area contributed by atoms with Crippen LogP contribution in [-0.2, 0) is 14.3 Å². The predicted molar refractivity (Wildman–Crippen MR) is 83.9 cm³/mol. The van der Waals surface area contributed by atoms with Gasteiger partial charge < -0.3 is 14.7 Å². The minimum Gasteiger partial charge on any atom is -0.481 e. The van der Waals surface area contributed by atoms with Crippen molar-refractivity contribution in [3.05, 3.63) is 55.1 Å². The van der Waals surface area contributed by atoms with Gasteiger partial charge in [0, 0.05) is 5.69 Å². The van der Waals surface area contributed by atoms with Gasteiger partial charge in [0.2, 0.25) is 5.91 Å². The maximum atomic E-state index is 13.1. The molecule has 0 aliphatic carbocycles. The standard InChI is InChI=1S/C18H17NO4/c1-2-6-13-18-10-9-12(23-18)14(17(21)22)15(18)16(20)19(13)11-7-4-3-5-8-11/h2-5,7-10,12-15H,1,6H2,(H,21,22)/t12-,13?,14?,15?,18-/m0/s1. The van der Waals surface area contributed by atoms with E-state index in [2.05, 4.69) is 6.58 Å². The summed E-state index contributed by atoms with van der Waals surface area (Å²) in [4.78, 5) is 26.5. The minimum atomic E-state index is -0.980. The fourth-order valence-corrected chi connectivity index (χ4v) is 4.27. The number of ether oxygens (including phenoxy) is 1. The van der Waals surface area contributed by atoms with E-state index in [1.165, 1.54) is 0 Å². The largest absolute Gasteiger partial charge is 0.481 e. The van der Waals surface area contributed by atoms with Crippen LogP contribution in [-0.4, -0.2) is 34.7 Å². The van der Waals surface area contributed by atoms with Crippen LogP contribution in [0.3, 0.4) is 0 Å². The van der Waals surface area contributed by atoms with E-state index in [0.717, 1.165) is 5.69 Å². The van der Waals surface area contributed by atoms with Gasteiger partial charge in [-0.3, -0.25) is 9.59 Å². The summed E-state index contributed by atoms with van der Waals surface area (Å²) in [5, 5.41) is 9.57. The van der Waals surface area contributed by atoms with Crippen molar-refractivity contribution in [3.63, 3.8) is 0 Å². The number of rotatable bonds is 4. The van der Waals surface area contributed by atoms with Crippen molar-refractivity contribution in [1.29, 1.82) is 0 Å². The second-order valence-electron chi connectivity index (χ2n) is 6.22. The molecule has 1 amide bonds. The van der Waals surface area contributed by atoms with E-state index in [1.54, 1.807) is 17.1 Å². The van der Waals surface area contributed by atoms with Crippen LogP contribution in [0.1, 0.15) is 6.42 Å². The first-order valence-corrected chi connectivity index (χ1v) is 7.69. The highest BCUT2D eigenvalue weighted by atomic mass is 16.5. The smallest absolute Gasteiger partial charge is 0.310 e. The summed E-state index contributed by atoms with van der Waals surface area (Å²) in [6.45, 7) is 3.79. The third-order valence-corrected chi connectivity index (χ3v) is 5.13. The quantitative estimate of drug-likeness (QED) is 0.864. The molecule has 1 aromatic carbocycles. The number of hydrogen-bond acceptors (Lipinski definition) is 3. The zero-order chi connectivity index (χ0) is 16.2. The Labute approximate surface area is 133 Å². The molecule has 2 fully saturated rings. The predicted octanol–water partition coefficient (Wildman–Crippen LogP) is 2.00. The SMILES string of the molecule is C=CCC1N(c2ccccc2)C(=O)C2C(C(=O)O)[C@@H]3C=C[C@@]21O3. The third kappa shape index (κ3) is 1.71. The first-order chi connectivity index (χ1) is 11.1. The van der Waals surface area contributed by atoms with Gasteiger partial charge in [-0.15, -0.1) is 6.58 Å². The molecule has 0 aromatic heterocycles. The first kappa shape index (κ1) is 14.2. The molecule has 5 heteroatoms. The maximum absolute atomic E-state index is 13.1. The van der Waals surface area contributed by atoms with Crippen molar-refractivity contribution in [1.82, 2.24) is 0 Å². The molecule has 5 atom stereocenters. The number of anilines is 1. The van der Waals surface area contributed by atoms with E-state index in [9.17, 15) is 14.7 Å². The van der Waals surface area contributed by atoms with Crippen LogP contribution in [0.5, 0.6) is 0 Å². The molecule has 1 N–H and O–H groups in total. The molecular formula is C18H17NO4. The molecule has 0 radical (unpaired) electrons. The van der Waals surface area contributed by atoms with Gasteiger partial charge >= 0.3 is 5.97 Å². The average molecular weight is 311 g/mol. The first-order valence-electron chi connectivity index (χ1n) is 7.69. The highest BCUT2D eigenvalue weighted by molar-refractivity contribution is 6.03. The molecule has 1 spiro atoms. The lowest BCUT2D eigenvalue weighted by molar-refractivity contribution is -0.146. The van der Waals surface area contributed by atoms with Gasteiger partial charge in [-0.05, 0) is 18.6 Å². The minimum absolute atomic E-state index is 0.178. The third-order valence-electron chi connectivity index (χ3n) is 5.13. The Kier molecular flexibility index (Phi) is 2.96. The molecule has 0 saturated carbocycles. The Balaban J connectivity index is 1.85. The van der Waals surface area contributed by atoms with E-state index < -0.39 is 29.5 Å². The highest BCUT2D eigenvalue weighted by Gasteiger charge is 2.71. The van der Waals surface area contributed by atoms with Crippen LogP contribution in [0, 0.1) is 11.8 Å². The van der Waals surface area contributed by atoms with Crippen molar-refractivity contribution in [2.75, 3.05) is 4.90 Å². The summed E-state index contributed by atoms with van der Waals surface area (Å²) in [5.74, 6) is -2.66. The van der Waals surface area contributed by atoms with Gasteiger partial charge in [-0.25, -0.2) is 0 Å². The lowest BCUT2D eigenvalue weighted by Crippen LogP contribution is -2.45. The Morgan fingerprint density at radius 2 is 2.13 bits per heavy atom. The van der Waals surface area contributed by atoms with Crippen LogP contribution in [0.15, 0.2) is 55.1 Å². The number of nitrogens with zero attached hydrogens (tertiary/aromatic N) is 1. The Bertz CT molecular complexity index is 713. The second-order valence-corrected chi connectivity index (χ2v) is 6.22. The normalized spacial score (nSPS) is 37.2. The lowest BCUT2D eigenvalue weighted by Gasteiger charge is -2.32. The molecule has 4 rings (SSSR count). The fraction of sp³-hybridized carbons (Fsp3) is 0.333. The average Bonchev–Trinajstić information content (AvgIpc) is 3.18. The summed E-state index contributed by atoms with van der Waals surface area (Å²) in [6, 6.07) is 9.05. The number of aliphatic carboxylic acids is 1. The van der Waals surface area contributed by atoms with Crippen molar-refractivity contribution in [2.45, 2.75) is 24.2 Å². The Morgan fingerprint density at radius 1 is 1.39 bits per heavy atom. The van der Waals surface area contributed by atoms with Gasteiger partial charge in [0.25, 0.3) is 0 Å². The van der Waals surface area contributed by atoms with Crippen molar-refractivity contribution < 1.29 is 19.4 Å². The topological polar surface area (TPSA) is 66.8 Å². The molecule has 3 aliphatic rings. The van der Waals surface area contributed by atoms with Gasteiger partial charge in [-0.1, -0.05) is 36.4 Å². The number of carboxylic acids is 1. The number of carbonyl (C=O) groups excluding carboxylic acids is 1. The number of amides is 1. The summed E-state index contributed by atoms with van der Waals surface area (Å²) in [7, 11) is 0. The van der Waals surface area contributed by atoms with E-state index in [1.807, 2.05) is 36.4 Å². The number of carboxylic acid groups (broad SMARTS) is 1. The van der Waals surface area contributed by atoms with Crippen molar-refractivity contribution in [3.8, 4) is 0 Å². The molecule has 2 bridgehead atoms. The summed E-state index contributed by atoms with van der Waals surface area (Å²) < 4.78 is 6.04. The Hall–Kier alpha value is -2.40. The number of carbonyl (C=O) groups is 2. The lowest BCUT2D eigenvalue weighted by atomic mass is 9.74. The molecule has 3 aliphatic heterocycles. The van der Waals surface area contributed by atoms with Crippen molar-refractivity contribution >= 4 is 17.6 Å². The molecule has 118 valence electrons. The van der Waals surface area contributed by atoms with E-state index in [0.29, 0.717) is 6.42 Å². The van der Waals surface area contributed by atoms with Crippen LogP contribution in [0.2, 0.25) is 0 Å². The van der Waals surface area contributed by atoms with Gasteiger partial charge in [0.1, 0.15) is 11.5 Å². The second kappa shape index (κ2) is 4.80. The monoisotopic (exact) mass is 311 g/mol. The maximum Gasteiger partial charge on any atom is 0.310 e. The molecular weight excluding hydrogens is 294 g/mol. The molecule has 23 heavy (non-hydrogen) atoms. The molecule has 2 saturated heterocycles. The van der Waals surface area contributed by atoms with Crippen LogP contribution >= 0.6 is 0 Å². The Morgan fingerprint density at radius 3 is 2.78 bits per heavy atom. The zero-order valence-corrected chi connectivity index (χ0v) is 12.5. The molecule has 3 unspecified atom stereocenters. The molecule has 3 heterocycles. The van der Waals surface area contributed by atoms with E-state index in [4.69, 9.17) is 4.74 Å². The van der Waals surface area contributed by atoms with E-state index >= 15 is 0 Å². The van der Waals surface area contributed by atoms with Gasteiger partial charge in [-0.2, -0.15) is 0 Å². The van der Waals surface area contributed by atoms with Gasteiger partial charge in [0.05, 0.1) is 18.1 Å². The van der Waals surface area contributed by atoms with Crippen molar-refractivity contribution in [2.24, 2.45) is 11.8 Å². The van der Waals surface area contributed by atoms with Crippen LogP contribution in [0.25, 0.3) is 0 Å². The number of hydrogen-bond donors (Lipinski definition) is 1. The van der Waals surface area contributed by atoms with Crippen LogP contribution < -0.4 is 4.90 Å². The zero-order valence-electron chi connectivity index (χ0n) is 12.5. The molecule has 1 aromatic rings. The van der Waals surface area contributed by atoms with Crippen LogP contribution in [0.4, 0.5) is 5.69 Å². The summed E-state index contributed by atoms with van der Waals surface area (Å²) >= 11 is 0. The molecule has 5 nitrogen and oxygen atoms in total. The summed E-state index contributed by atoms with van der Waals surface area (Å²) in [5.41, 5.74) is -0.104. The number of benzene rings is 1. The van der Waals surface area contributed by atoms with Gasteiger partial charge in [0.15, 0.2) is 0 Å². The number of fused-ring (bicyclic) bond motifs is 1. The fourth-order valence-electron chi connectivity index (χ4n) is 4.27. The highest BCUT2D eigenvalue weighted by Crippen LogP contribution is 2.56.